The molecule has 7 nitrogen and oxygen atoms in total. The Morgan fingerprint density at radius 3 is 2.24 bits per heavy atom. The number of rotatable bonds is 7. The van der Waals surface area contributed by atoms with Gasteiger partial charge in [0.05, 0.1) is 17.5 Å². The van der Waals surface area contributed by atoms with Gasteiger partial charge in [-0.05, 0) is 18.8 Å². The molecule has 1 saturated carbocycles. The zero-order chi connectivity index (χ0) is 13.3. The highest BCUT2D eigenvalue weighted by Crippen LogP contribution is 2.32. The summed E-state index contributed by atoms with van der Waals surface area (Å²) in [6.45, 7) is 0. The van der Waals surface area contributed by atoms with Crippen molar-refractivity contribution < 1.29 is 16.8 Å². The highest BCUT2D eigenvalue weighted by molar-refractivity contribution is 7.93. The first-order valence-corrected chi connectivity index (χ1v) is 8.84. The molecule has 0 radical (unpaired) electrons. The van der Waals surface area contributed by atoms with Crippen molar-refractivity contribution in [3.05, 3.63) is 0 Å². The Bertz CT molecular complexity index is 493. The number of nitrogens with two attached hydrogens (primary N) is 1. The fraction of sp³-hybridized carbons (Fsp3) is 0.875. The Morgan fingerprint density at radius 2 is 1.88 bits per heavy atom. The number of sulfone groups is 1. The summed E-state index contributed by atoms with van der Waals surface area (Å²) in [4.78, 5) is 0. The van der Waals surface area contributed by atoms with Crippen molar-refractivity contribution >= 4 is 25.7 Å². The van der Waals surface area contributed by atoms with Crippen LogP contribution in [-0.4, -0.2) is 46.5 Å². The molecule has 1 unspecified atom stereocenters. The molecule has 1 aliphatic rings. The van der Waals surface area contributed by atoms with Crippen LogP contribution in [0.1, 0.15) is 12.8 Å². The molecule has 0 aromatic heterocycles. The Morgan fingerprint density at radius 1 is 1.35 bits per heavy atom. The van der Waals surface area contributed by atoms with Gasteiger partial charge in [-0.2, -0.15) is 0 Å². The lowest BCUT2D eigenvalue weighted by Crippen LogP contribution is -2.46. The average molecular weight is 283 g/mol. The summed E-state index contributed by atoms with van der Waals surface area (Å²) in [6.07, 6.45) is 2.64. The molecule has 4 N–H and O–H groups in total. The van der Waals surface area contributed by atoms with Crippen molar-refractivity contribution in [2.24, 2.45) is 11.7 Å². The van der Waals surface area contributed by atoms with Gasteiger partial charge in [-0.3, -0.25) is 5.41 Å². The van der Waals surface area contributed by atoms with Gasteiger partial charge in [0.15, 0.2) is 0 Å². The first kappa shape index (κ1) is 14.4. The van der Waals surface area contributed by atoms with Crippen LogP contribution in [0.4, 0.5) is 0 Å². The van der Waals surface area contributed by atoms with Crippen LogP contribution in [0.25, 0.3) is 0 Å². The van der Waals surface area contributed by atoms with Gasteiger partial charge in [-0.25, -0.2) is 21.6 Å². The van der Waals surface area contributed by atoms with E-state index in [4.69, 9.17) is 11.1 Å². The number of nitrogens with one attached hydrogen (secondary N) is 2. The summed E-state index contributed by atoms with van der Waals surface area (Å²) in [7, 11) is -7.04. The number of hydrogen-bond donors (Lipinski definition) is 3. The predicted molar refractivity (Wildman–Crippen MR) is 65.1 cm³/mol. The molecule has 17 heavy (non-hydrogen) atoms. The van der Waals surface area contributed by atoms with E-state index < -0.39 is 37.4 Å². The monoisotopic (exact) mass is 283 g/mol. The second-order valence-electron chi connectivity index (χ2n) is 4.34. The molecule has 100 valence electrons. The molecule has 0 spiro atoms. The van der Waals surface area contributed by atoms with Crippen molar-refractivity contribution in [1.29, 1.82) is 5.41 Å². The maximum atomic E-state index is 11.6. The van der Waals surface area contributed by atoms with Crippen molar-refractivity contribution in [3.63, 3.8) is 0 Å². The fourth-order valence-electron chi connectivity index (χ4n) is 1.36. The van der Waals surface area contributed by atoms with E-state index in [0.29, 0.717) is 0 Å². The number of hydrogen-bond acceptors (Lipinski definition) is 5. The molecule has 0 heterocycles. The van der Waals surface area contributed by atoms with Gasteiger partial charge < -0.3 is 5.73 Å². The summed E-state index contributed by atoms with van der Waals surface area (Å²) >= 11 is 0. The SMILES string of the molecule is CS(=O)(=O)CCS(=O)(=O)NC(C(=N)N)C1CC1. The standard InChI is InChI=1S/C8H17N3O4S2/c1-16(12,13)4-5-17(14,15)11-7(8(9)10)6-2-3-6/h6-7,11H,2-5H2,1H3,(H3,9,10). The maximum absolute atomic E-state index is 11.6. The molecule has 1 fully saturated rings. The predicted octanol–water partition coefficient (Wildman–Crippen LogP) is -1.34. The minimum absolute atomic E-state index is 0.0699. The van der Waals surface area contributed by atoms with E-state index in [1.54, 1.807) is 0 Å². The largest absolute Gasteiger partial charge is 0.386 e. The highest BCUT2D eigenvalue weighted by atomic mass is 32.2. The van der Waals surface area contributed by atoms with Crippen LogP contribution in [0.2, 0.25) is 0 Å². The smallest absolute Gasteiger partial charge is 0.213 e. The third kappa shape index (κ3) is 5.46. The second kappa shape index (κ2) is 4.91. The molecule has 1 atom stereocenters. The van der Waals surface area contributed by atoms with Crippen LogP contribution in [0.5, 0.6) is 0 Å². The Balaban J connectivity index is 2.61. The summed E-state index contributed by atoms with van der Waals surface area (Å²) in [5.41, 5.74) is 5.30. The zero-order valence-corrected chi connectivity index (χ0v) is 11.1. The molecule has 0 amide bonds. The Hall–Kier alpha value is -0.670. The molecular formula is C8H17N3O4S2. The van der Waals surface area contributed by atoms with E-state index in [-0.39, 0.29) is 11.8 Å². The number of sulfonamides is 1. The van der Waals surface area contributed by atoms with Crippen LogP contribution in [0.3, 0.4) is 0 Å². The molecule has 0 bridgehead atoms. The van der Waals surface area contributed by atoms with E-state index in [0.717, 1.165) is 19.1 Å². The van der Waals surface area contributed by atoms with E-state index >= 15 is 0 Å². The van der Waals surface area contributed by atoms with Crippen molar-refractivity contribution in [2.45, 2.75) is 18.9 Å². The van der Waals surface area contributed by atoms with Crippen molar-refractivity contribution in [2.75, 3.05) is 17.8 Å². The second-order valence-corrected chi connectivity index (χ2v) is 8.47. The van der Waals surface area contributed by atoms with Gasteiger partial charge in [0, 0.05) is 6.26 Å². The lowest BCUT2D eigenvalue weighted by molar-refractivity contribution is 0.562. The van der Waals surface area contributed by atoms with Crippen molar-refractivity contribution in [3.8, 4) is 0 Å². The molecule has 0 aromatic rings. The highest BCUT2D eigenvalue weighted by Gasteiger charge is 2.35. The van der Waals surface area contributed by atoms with E-state index in [9.17, 15) is 16.8 Å². The molecule has 0 saturated heterocycles. The van der Waals surface area contributed by atoms with Gasteiger partial charge in [0.2, 0.25) is 10.0 Å². The summed E-state index contributed by atoms with van der Waals surface area (Å²) in [5, 5.41) is 7.29. The molecule has 1 rings (SSSR count). The summed E-state index contributed by atoms with van der Waals surface area (Å²) in [6, 6.07) is -0.695. The Labute approximate surface area is 101 Å². The van der Waals surface area contributed by atoms with Crippen LogP contribution in [0, 0.1) is 11.3 Å². The van der Waals surface area contributed by atoms with Gasteiger partial charge in [0.1, 0.15) is 15.7 Å². The van der Waals surface area contributed by atoms with E-state index in [2.05, 4.69) is 4.72 Å². The zero-order valence-electron chi connectivity index (χ0n) is 9.51. The van der Waals surface area contributed by atoms with Gasteiger partial charge in [-0.1, -0.05) is 0 Å². The first-order valence-electron chi connectivity index (χ1n) is 5.12. The van der Waals surface area contributed by atoms with E-state index in [1.807, 2.05) is 0 Å². The van der Waals surface area contributed by atoms with Gasteiger partial charge in [0.25, 0.3) is 0 Å². The van der Waals surface area contributed by atoms with Crippen LogP contribution >= 0.6 is 0 Å². The third-order valence-electron chi connectivity index (χ3n) is 2.46. The van der Waals surface area contributed by atoms with Crippen LogP contribution < -0.4 is 10.5 Å². The first-order chi connectivity index (χ1) is 7.61. The number of amidine groups is 1. The lowest BCUT2D eigenvalue weighted by Gasteiger charge is -2.16. The molecular weight excluding hydrogens is 266 g/mol. The molecule has 9 heteroatoms. The fourth-order valence-corrected chi connectivity index (χ4v) is 4.27. The summed E-state index contributed by atoms with van der Waals surface area (Å²) in [5.74, 6) is -1.09. The van der Waals surface area contributed by atoms with E-state index in [1.165, 1.54) is 0 Å². The lowest BCUT2D eigenvalue weighted by atomic mass is 10.2. The Kier molecular flexibility index (Phi) is 4.15. The van der Waals surface area contributed by atoms with Gasteiger partial charge >= 0.3 is 0 Å². The molecule has 0 aliphatic heterocycles. The normalized spacial score (nSPS) is 18.9. The maximum Gasteiger partial charge on any atom is 0.213 e. The minimum atomic E-state index is -3.71. The molecule has 0 aromatic carbocycles. The topological polar surface area (TPSA) is 130 Å². The van der Waals surface area contributed by atoms with Crippen LogP contribution in [0.15, 0.2) is 0 Å². The van der Waals surface area contributed by atoms with Gasteiger partial charge in [-0.15, -0.1) is 0 Å². The van der Waals surface area contributed by atoms with Crippen molar-refractivity contribution in [1.82, 2.24) is 4.72 Å². The minimum Gasteiger partial charge on any atom is -0.386 e. The quantitative estimate of drug-likeness (QED) is 0.393. The average Bonchev–Trinajstić information content (AvgIpc) is 2.93. The van der Waals surface area contributed by atoms with Crippen LogP contribution in [-0.2, 0) is 19.9 Å². The third-order valence-corrected chi connectivity index (χ3v) is 5.02. The molecule has 1 aliphatic carbocycles. The summed E-state index contributed by atoms with van der Waals surface area (Å²) < 4.78 is 47.2.